The third-order valence-electron chi connectivity index (χ3n) is 14.0. The molecule has 68 heavy (non-hydrogen) atoms. The highest BCUT2D eigenvalue weighted by molar-refractivity contribution is 5.76. The predicted octanol–water partition coefficient (Wildman–Crippen LogP) is 8.33. The Bertz CT molecular complexity index is 1200. The molecule has 12 unspecified atom stereocenters. The molecular weight excluding hydrogens is 871 g/mol. The van der Waals surface area contributed by atoms with Crippen LogP contribution >= 0.6 is 0 Å². The van der Waals surface area contributed by atoms with Crippen LogP contribution in [0.1, 0.15) is 232 Å². The van der Waals surface area contributed by atoms with E-state index in [-0.39, 0.29) is 12.5 Å². The van der Waals surface area contributed by atoms with Crippen LogP contribution in [0.2, 0.25) is 0 Å². The average Bonchev–Trinajstić information content (AvgIpc) is 3.34. The van der Waals surface area contributed by atoms with Gasteiger partial charge in [0, 0.05) is 6.42 Å². The number of unbranched alkanes of at least 4 members (excludes halogenated alkanes) is 29. The van der Waals surface area contributed by atoms with Gasteiger partial charge in [-0.05, 0) is 32.1 Å². The van der Waals surface area contributed by atoms with Crippen molar-refractivity contribution in [3.63, 3.8) is 0 Å². The van der Waals surface area contributed by atoms with E-state index >= 15 is 0 Å². The monoisotopic (exact) mass is 974 g/mol. The molecule has 2 heterocycles. The lowest BCUT2D eigenvalue weighted by atomic mass is 9.97. The van der Waals surface area contributed by atoms with Gasteiger partial charge in [0.05, 0.1) is 32.0 Å². The fourth-order valence-electron chi connectivity index (χ4n) is 9.40. The Morgan fingerprint density at radius 1 is 0.515 bits per heavy atom. The summed E-state index contributed by atoms with van der Waals surface area (Å²) in [5, 5.41) is 87.0. The Morgan fingerprint density at radius 3 is 1.44 bits per heavy atom. The van der Waals surface area contributed by atoms with Gasteiger partial charge < -0.3 is 65.1 Å². The summed E-state index contributed by atoms with van der Waals surface area (Å²) in [7, 11) is 0. The van der Waals surface area contributed by atoms with Gasteiger partial charge in [0.15, 0.2) is 12.6 Å². The van der Waals surface area contributed by atoms with Gasteiger partial charge in [-0.25, -0.2) is 0 Å². The second-order valence-electron chi connectivity index (χ2n) is 20.1. The van der Waals surface area contributed by atoms with Gasteiger partial charge in [-0.15, -0.1) is 0 Å². The summed E-state index contributed by atoms with van der Waals surface area (Å²) >= 11 is 0. The minimum absolute atomic E-state index is 0.216. The maximum Gasteiger partial charge on any atom is 0.220 e. The standard InChI is InChI=1S/C54H103NO13/c1-3-5-7-9-11-13-15-16-17-18-19-20-21-22-23-24-25-26-28-29-31-33-35-37-43(58)42(55-46(59)38-36-34-32-30-27-14-12-10-8-6-4-2)41-65-53-51(64)49(62)52(45(40-57)67-53)68-54-50(63)48(61)47(60)44(39-56)66-54/h10,12,42-45,47-54,56-58,60-64H,3-9,11,13-41H2,1-2H3,(H,55,59)/b12-10-. The van der Waals surface area contributed by atoms with Gasteiger partial charge in [0.1, 0.15) is 48.8 Å². The Hall–Kier alpha value is -1.27. The molecule has 0 aromatic carbocycles. The molecule has 9 N–H and O–H groups in total. The lowest BCUT2D eigenvalue weighted by Gasteiger charge is -2.46. The maximum atomic E-state index is 13.2. The molecule has 12 atom stereocenters. The summed E-state index contributed by atoms with van der Waals surface area (Å²) in [4.78, 5) is 13.2. The summed E-state index contributed by atoms with van der Waals surface area (Å²) in [6, 6.07) is -0.828. The Kier molecular flexibility index (Phi) is 38.1. The van der Waals surface area contributed by atoms with Crippen LogP contribution in [0.3, 0.4) is 0 Å². The van der Waals surface area contributed by atoms with Crippen molar-refractivity contribution in [1.82, 2.24) is 5.32 Å². The number of aliphatic hydroxyl groups is 8. The van der Waals surface area contributed by atoms with Crippen molar-refractivity contribution in [2.75, 3.05) is 19.8 Å². The smallest absolute Gasteiger partial charge is 0.220 e. The number of amides is 1. The average molecular weight is 974 g/mol. The minimum Gasteiger partial charge on any atom is -0.394 e. The SMILES string of the molecule is CCCC/C=C\CCCCCCCC(=O)NC(COC1OC(CO)C(OC2OC(CO)C(O)C(O)C2O)C(O)C1O)C(O)CCCCCCCCCCCCCCCCCCCCCCCCC. The summed E-state index contributed by atoms with van der Waals surface area (Å²) in [6.45, 7) is 2.82. The van der Waals surface area contributed by atoms with Crippen LogP contribution in [-0.2, 0) is 23.7 Å². The predicted molar refractivity (Wildman–Crippen MR) is 268 cm³/mol. The number of hydrogen-bond donors (Lipinski definition) is 9. The van der Waals surface area contributed by atoms with Crippen molar-refractivity contribution in [3.8, 4) is 0 Å². The minimum atomic E-state index is -1.78. The molecule has 0 saturated carbocycles. The van der Waals surface area contributed by atoms with E-state index in [1.54, 1.807) is 0 Å². The second kappa shape index (κ2) is 41.2. The number of nitrogens with one attached hydrogen (secondary N) is 1. The largest absolute Gasteiger partial charge is 0.394 e. The fourth-order valence-corrected chi connectivity index (χ4v) is 9.40. The maximum absolute atomic E-state index is 13.2. The molecule has 14 heteroatoms. The van der Waals surface area contributed by atoms with Gasteiger partial charge in [-0.1, -0.05) is 206 Å². The highest BCUT2D eigenvalue weighted by Crippen LogP contribution is 2.30. The lowest BCUT2D eigenvalue weighted by Crippen LogP contribution is -2.65. The molecule has 14 nitrogen and oxygen atoms in total. The van der Waals surface area contributed by atoms with Gasteiger partial charge >= 0.3 is 0 Å². The molecule has 0 bridgehead atoms. The molecule has 1 amide bonds. The van der Waals surface area contributed by atoms with Crippen molar-refractivity contribution in [2.24, 2.45) is 0 Å². The van der Waals surface area contributed by atoms with E-state index in [9.17, 15) is 45.6 Å². The number of rotatable bonds is 44. The first kappa shape index (κ1) is 62.8. The zero-order chi connectivity index (χ0) is 49.6. The zero-order valence-corrected chi connectivity index (χ0v) is 42.9. The number of carbonyl (C=O) groups excluding carboxylic acids is 1. The van der Waals surface area contributed by atoms with Crippen LogP contribution in [0, 0.1) is 0 Å². The fraction of sp³-hybridized carbons (Fsp3) is 0.944. The number of ether oxygens (including phenoxy) is 4. The Morgan fingerprint density at radius 2 is 0.941 bits per heavy atom. The van der Waals surface area contributed by atoms with Crippen LogP contribution in [-0.4, -0.2) is 140 Å². The van der Waals surface area contributed by atoms with E-state index in [4.69, 9.17) is 18.9 Å². The normalized spacial score (nSPS) is 26.4. The molecular formula is C54H103NO13. The van der Waals surface area contributed by atoms with E-state index in [2.05, 4.69) is 31.3 Å². The van der Waals surface area contributed by atoms with E-state index < -0.39 is 86.8 Å². The van der Waals surface area contributed by atoms with Gasteiger partial charge in [0.25, 0.3) is 0 Å². The first-order valence-electron chi connectivity index (χ1n) is 27.9. The number of carbonyl (C=O) groups is 1. The summed E-state index contributed by atoms with van der Waals surface area (Å²) in [5.74, 6) is -0.216. The van der Waals surface area contributed by atoms with Crippen LogP contribution in [0.25, 0.3) is 0 Å². The Balaban J connectivity index is 1.74. The second-order valence-corrected chi connectivity index (χ2v) is 20.1. The summed E-state index contributed by atoms with van der Waals surface area (Å²) in [6.07, 6.45) is 28.0. The molecule has 0 aromatic rings. The summed E-state index contributed by atoms with van der Waals surface area (Å²) in [5.41, 5.74) is 0. The summed E-state index contributed by atoms with van der Waals surface area (Å²) < 4.78 is 22.8. The molecule has 2 fully saturated rings. The van der Waals surface area contributed by atoms with Crippen LogP contribution in [0.15, 0.2) is 12.2 Å². The van der Waals surface area contributed by atoms with Crippen molar-refractivity contribution in [3.05, 3.63) is 12.2 Å². The molecule has 2 aliphatic rings. The highest BCUT2D eigenvalue weighted by atomic mass is 16.7. The molecule has 402 valence electrons. The molecule has 0 aliphatic carbocycles. The van der Waals surface area contributed by atoms with Crippen molar-refractivity contribution < 1.29 is 64.6 Å². The topological polar surface area (TPSA) is 228 Å². The number of allylic oxidation sites excluding steroid dienone is 2. The van der Waals surface area contributed by atoms with Crippen molar-refractivity contribution >= 4 is 5.91 Å². The molecule has 0 aromatic heterocycles. The lowest BCUT2D eigenvalue weighted by molar-refractivity contribution is -0.359. The Labute approximate surface area is 412 Å². The molecule has 2 saturated heterocycles. The molecule has 2 rings (SSSR count). The van der Waals surface area contributed by atoms with Gasteiger partial charge in [-0.2, -0.15) is 0 Å². The molecule has 2 aliphatic heterocycles. The van der Waals surface area contributed by atoms with E-state index in [1.807, 2.05) is 0 Å². The quantitative estimate of drug-likeness (QED) is 0.0207. The van der Waals surface area contributed by atoms with Crippen LogP contribution < -0.4 is 5.32 Å². The molecule has 0 spiro atoms. The molecule has 0 radical (unpaired) electrons. The highest BCUT2D eigenvalue weighted by Gasteiger charge is 2.51. The zero-order valence-electron chi connectivity index (χ0n) is 42.9. The first-order valence-corrected chi connectivity index (χ1v) is 27.9. The first-order chi connectivity index (χ1) is 33.1. The van der Waals surface area contributed by atoms with Crippen molar-refractivity contribution in [2.45, 2.75) is 306 Å². The van der Waals surface area contributed by atoms with E-state index in [1.165, 1.54) is 135 Å². The van der Waals surface area contributed by atoms with Crippen LogP contribution in [0.4, 0.5) is 0 Å². The van der Waals surface area contributed by atoms with Crippen LogP contribution in [0.5, 0.6) is 0 Å². The van der Waals surface area contributed by atoms with Gasteiger partial charge in [0.2, 0.25) is 5.91 Å². The number of hydrogen-bond acceptors (Lipinski definition) is 13. The third kappa shape index (κ3) is 27.5. The third-order valence-corrected chi connectivity index (χ3v) is 14.0. The van der Waals surface area contributed by atoms with Crippen molar-refractivity contribution in [1.29, 1.82) is 0 Å². The van der Waals surface area contributed by atoms with Gasteiger partial charge in [-0.3, -0.25) is 4.79 Å². The van der Waals surface area contributed by atoms with E-state index in [0.29, 0.717) is 19.3 Å². The number of aliphatic hydroxyl groups excluding tert-OH is 8. The van der Waals surface area contributed by atoms with E-state index in [0.717, 1.165) is 64.2 Å².